The van der Waals surface area contributed by atoms with Crippen molar-refractivity contribution in [2.24, 2.45) is 5.73 Å². The summed E-state index contributed by atoms with van der Waals surface area (Å²) >= 11 is 3.37. The van der Waals surface area contributed by atoms with E-state index in [-0.39, 0.29) is 13.0 Å². The molecular weight excluding hydrogens is 376 g/mol. The topological polar surface area (TPSA) is 122 Å². The predicted octanol–water partition coefficient (Wildman–Crippen LogP) is 2.18. The molecule has 0 atom stereocenters. The maximum absolute atomic E-state index is 11.1. The molecule has 0 saturated carbocycles. The number of aromatic nitrogens is 2. The summed E-state index contributed by atoms with van der Waals surface area (Å²) in [5.41, 5.74) is 6.46. The summed E-state index contributed by atoms with van der Waals surface area (Å²) in [5, 5.41) is 22.4. The fourth-order valence-corrected chi connectivity index (χ4v) is 2.44. The molecule has 2 aromatic rings. The lowest BCUT2D eigenvalue weighted by molar-refractivity contribution is -0.132. The van der Waals surface area contributed by atoms with Gasteiger partial charge in [0.05, 0.1) is 5.69 Å². The molecule has 0 bridgehead atoms. The number of nitrogens with two attached hydrogens (primary N) is 1. The molecule has 1 aromatic heterocycles. The van der Waals surface area contributed by atoms with Crippen LogP contribution in [0, 0.1) is 11.3 Å². The zero-order valence-corrected chi connectivity index (χ0v) is 14.0. The monoisotopic (exact) mass is 388 g/mol. The minimum Gasteiger partial charge on any atom is -0.477 e. The summed E-state index contributed by atoms with van der Waals surface area (Å²) < 4.78 is 2.34. The largest absolute Gasteiger partial charge is 0.477 e. The van der Waals surface area contributed by atoms with Crippen LogP contribution in [0.2, 0.25) is 0 Å². The van der Waals surface area contributed by atoms with Crippen molar-refractivity contribution < 1.29 is 14.7 Å². The van der Waals surface area contributed by atoms with E-state index in [1.165, 1.54) is 10.8 Å². The van der Waals surface area contributed by atoms with Gasteiger partial charge in [-0.2, -0.15) is 10.4 Å². The Balaban J connectivity index is 2.52. The quantitative estimate of drug-likeness (QED) is 0.579. The molecule has 7 nitrogen and oxygen atoms in total. The molecule has 24 heavy (non-hydrogen) atoms. The van der Waals surface area contributed by atoms with Crippen molar-refractivity contribution in [1.82, 2.24) is 9.78 Å². The number of benzene rings is 1. The van der Waals surface area contributed by atoms with E-state index in [9.17, 15) is 9.59 Å². The van der Waals surface area contributed by atoms with Gasteiger partial charge >= 0.3 is 5.97 Å². The summed E-state index contributed by atoms with van der Waals surface area (Å²) in [6.07, 6.45) is 2.94. The standard InChI is InChI=1S/C16H13BrN4O3/c17-13-3-1-2-10(7-13)15-12(6-11(8-18)16(23)24)9-21(20-15)5-4-14(19)22/h1-3,6-7,9H,4-5H2,(H2,19,22)(H,23,24)/b11-6+. The number of amides is 1. The second kappa shape index (κ2) is 7.57. The van der Waals surface area contributed by atoms with Gasteiger partial charge in [-0.1, -0.05) is 28.1 Å². The van der Waals surface area contributed by atoms with Crippen LogP contribution in [0.25, 0.3) is 17.3 Å². The number of aliphatic carboxylic acids is 1. The third-order valence-electron chi connectivity index (χ3n) is 3.13. The number of carboxylic acids is 1. The Labute approximate surface area is 146 Å². The van der Waals surface area contributed by atoms with Crippen molar-refractivity contribution >= 4 is 33.9 Å². The average Bonchev–Trinajstić information content (AvgIpc) is 2.93. The van der Waals surface area contributed by atoms with E-state index in [1.807, 2.05) is 24.3 Å². The Morgan fingerprint density at radius 2 is 2.21 bits per heavy atom. The fraction of sp³-hybridized carbons (Fsp3) is 0.125. The number of rotatable bonds is 6. The average molecular weight is 389 g/mol. The number of halogens is 1. The summed E-state index contributed by atoms with van der Waals surface area (Å²) in [6, 6.07) is 8.95. The number of nitrogens with zero attached hydrogens (tertiary/aromatic N) is 3. The van der Waals surface area contributed by atoms with Crippen LogP contribution in [0.3, 0.4) is 0 Å². The third kappa shape index (κ3) is 4.30. The zero-order valence-electron chi connectivity index (χ0n) is 12.4. The van der Waals surface area contributed by atoms with Gasteiger partial charge in [-0.3, -0.25) is 9.48 Å². The SMILES string of the molecule is N#C/C(=C\c1cn(CCC(N)=O)nc1-c1cccc(Br)c1)C(=O)O. The number of carbonyl (C=O) groups is 2. The van der Waals surface area contributed by atoms with Gasteiger partial charge in [0.25, 0.3) is 0 Å². The minimum absolute atomic E-state index is 0.104. The van der Waals surface area contributed by atoms with Crippen molar-refractivity contribution in [1.29, 1.82) is 5.26 Å². The molecule has 1 amide bonds. The number of aryl methyl sites for hydroxylation is 1. The van der Waals surface area contributed by atoms with Crippen LogP contribution in [-0.2, 0) is 16.1 Å². The Kier molecular flexibility index (Phi) is 5.50. The lowest BCUT2D eigenvalue weighted by atomic mass is 10.1. The molecule has 0 unspecified atom stereocenters. The van der Waals surface area contributed by atoms with E-state index in [0.29, 0.717) is 11.3 Å². The first-order valence-electron chi connectivity index (χ1n) is 6.87. The normalized spacial score (nSPS) is 11.1. The van der Waals surface area contributed by atoms with Crippen molar-refractivity contribution in [2.75, 3.05) is 0 Å². The van der Waals surface area contributed by atoms with E-state index in [2.05, 4.69) is 21.0 Å². The Morgan fingerprint density at radius 1 is 1.46 bits per heavy atom. The van der Waals surface area contributed by atoms with Gasteiger partial charge in [0.15, 0.2) is 0 Å². The highest BCUT2D eigenvalue weighted by Gasteiger charge is 2.14. The number of hydrogen-bond donors (Lipinski definition) is 2. The second-order valence-electron chi connectivity index (χ2n) is 4.90. The molecule has 8 heteroatoms. The number of nitriles is 1. The van der Waals surface area contributed by atoms with Crippen molar-refractivity contribution in [2.45, 2.75) is 13.0 Å². The van der Waals surface area contributed by atoms with Gasteiger partial charge in [0.1, 0.15) is 11.6 Å². The number of primary amides is 1. The molecule has 1 aromatic carbocycles. The first kappa shape index (κ1) is 17.4. The van der Waals surface area contributed by atoms with Crippen LogP contribution >= 0.6 is 15.9 Å². The van der Waals surface area contributed by atoms with Gasteiger partial charge < -0.3 is 10.8 Å². The molecule has 0 aliphatic rings. The summed E-state index contributed by atoms with van der Waals surface area (Å²) in [6.45, 7) is 0.263. The first-order valence-corrected chi connectivity index (χ1v) is 7.67. The molecule has 122 valence electrons. The molecule has 3 N–H and O–H groups in total. The zero-order chi connectivity index (χ0) is 17.7. The Morgan fingerprint density at radius 3 is 2.79 bits per heavy atom. The van der Waals surface area contributed by atoms with E-state index in [0.717, 1.165) is 10.0 Å². The fourth-order valence-electron chi connectivity index (χ4n) is 2.04. The van der Waals surface area contributed by atoms with Crippen LogP contribution in [-0.4, -0.2) is 26.8 Å². The lowest BCUT2D eigenvalue weighted by Gasteiger charge is -2.00. The molecule has 0 saturated heterocycles. The molecule has 0 radical (unpaired) electrons. The summed E-state index contributed by atoms with van der Waals surface area (Å²) in [4.78, 5) is 22.0. The molecule has 0 aliphatic heterocycles. The van der Waals surface area contributed by atoms with Crippen LogP contribution in [0.1, 0.15) is 12.0 Å². The first-order chi connectivity index (χ1) is 11.4. The molecule has 0 aliphatic carbocycles. The van der Waals surface area contributed by atoms with Crippen molar-refractivity contribution in [3.63, 3.8) is 0 Å². The van der Waals surface area contributed by atoms with Crippen LogP contribution < -0.4 is 5.73 Å². The maximum Gasteiger partial charge on any atom is 0.346 e. The van der Waals surface area contributed by atoms with Gasteiger partial charge in [0.2, 0.25) is 5.91 Å². The second-order valence-corrected chi connectivity index (χ2v) is 5.81. The van der Waals surface area contributed by atoms with Gasteiger partial charge in [-0.05, 0) is 18.2 Å². The Bertz CT molecular complexity index is 864. The van der Waals surface area contributed by atoms with Gasteiger partial charge in [-0.25, -0.2) is 4.79 Å². The van der Waals surface area contributed by atoms with Crippen molar-refractivity contribution in [3.8, 4) is 17.3 Å². The van der Waals surface area contributed by atoms with Crippen molar-refractivity contribution in [3.05, 3.63) is 46.1 Å². The van der Waals surface area contributed by atoms with E-state index in [1.54, 1.807) is 12.3 Å². The third-order valence-corrected chi connectivity index (χ3v) is 3.62. The summed E-state index contributed by atoms with van der Waals surface area (Å²) in [5.74, 6) is -1.78. The summed E-state index contributed by atoms with van der Waals surface area (Å²) in [7, 11) is 0. The molecular formula is C16H13BrN4O3. The van der Waals surface area contributed by atoms with Gasteiger partial charge in [0, 0.05) is 34.8 Å². The molecule has 1 heterocycles. The molecule has 2 rings (SSSR count). The highest BCUT2D eigenvalue weighted by Crippen LogP contribution is 2.26. The smallest absolute Gasteiger partial charge is 0.346 e. The van der Waals surface area contributed by atoms with E-state index in [4.69, 9.17) is 16.1 Å². The maximum atomic E-state index is 11.1. The van der Waals surface area contributed by atoms with Crippen LogP contribution in [0.4, 0.5) is 0 Å². The number of hydrogen-bond acceptors (Lipinski definition) is 4. The number of carboxylic acid groups (broad SMARTS) is 1. The number of carbonyl (C=O) groups excluding carboxylic acids is 1. The van der Waals surface area contributed by atoms with Crippen LogP contribution in [0.15, 0.2) is 40.5 Å². The van der Waals surface area contributed by atoms with Gasteiger partial charge in [-0.15, -0.1) is 0 Å². The van der Waals surface area contributed by atoms with Crippen LogP contribution in [0.5, 0.6) is 0 Å². The molecule has 0 fully saturated rings. The molecule has 0 spiro atoms. The van der Waals surface area contributed by atoms with E-state index >= 15 is 0 Å². The minimum atomic E-state index is -1.32. The van der Waals surface area contributed by atoms with E-state index < -0.39 is 17.4 Å². The highest BCUT2D eigenvalue weighted by atomic mass is 79.9. The lowest BCUT2D eigenvalue weighted by Crippen LogP contribution is -2.14. The predicted molar refractivity (Wildman–Crippen MR) is 90.4 cm³/mol. The Hall–Kier alpha value is -2.92. The highest BCUT2D eigenvalue weighted by molar-refractivity contribution is 9.10.